The van der Waals surface area contributed by atoms with Gasteiger partial charge in [0.15, 0.2) is 0 Å². The molecule has 0 aliphatic rings. The zero-order valence-corrected chi connectivity index (χ0v) is 12.5. The van der Waals surface area contributed by atoms with Gasteiger partial charge in [0, 0.05) is 6.54 Å². The lowest BCUT2D eigenvalue weighted by Gasteiger charge is -2.18. The summed E-state index contributed by atoms with van der Waals surface area (Å²) in [4.78, 5) is 0. The molecule has 2 N–H and O–H groups in total. The molecule has 0 aliphatic carbocycles. The molecule has 0 amide bonds. The van der Waals surface area contributed by atoms with Crippen LogP contribution in [0.25, 0.3) is 0 Å². The second-order valence-electron chi connectivity index (χ2n) is 4.00. The van der Waals surface area contributed by atoms with Crippen LogP contribution in [0.4, 0.5) is 5.69 Å². The molecule has 0 radical (unpaired) electrons. The SMILES string of the molecule is CCNOP(=O)(ONc1ccccc1)Oc1ccccc1. The molecular formula is C14H17N2O4P. The Morgan fingerprint density at radius 1 is 0.952 bits per heavy atom. The molecule has 6 nitrogen and oxygen atoms in total. The lowest BCUT2D eigenvalue weighted by atomic mass is 10.3. The fourth-order valence-electron chi connectivity index (χ4n) is 1.42. The molecule has 0 aromatic heterocycles. The van der Waals surface area contributed by atoms with Crippen molar-refractivity contribution in [1.29, 1.82) is 0 Å². The average molecular weight is 308 g/mol. The summed E-state index contributed by atoms with van der Waals surface area (Å²) in [6.07, 6.45) is 0. The van der Waals surface area contributed by atoms with E-state index in [-0.39, 0.29) is 0 Å². The molecule has 0 aliphatic heterocycles. The number of hydroxylamine groups is 1. The molecule has 0 saturated carbocycles. The summed E-state index contributed by atoms with van der Waals surface area (Å²) in [5.41, 5.74) is 5.69. The van der Waals surface area contributed by atoms with Crippen LogP contribution in [-0.2, 0) is 13.8 Å². The Morgan fingerprint density at radius 2 is 1.57 bits per heavy atom. The van der Waals surface area contributed by atoms with Gasteiger partial charge in [-0.25, -0.2) is 4.57 Å². The summed E-state index contributed by atoms with van der Waals surface area (Å²) < 4.78 is 28.0. The first-order chi connectivity index (χ1) is 10.2. The summed E-state index contributed by atoms with van der Waals surface area (Å²) in [7, 11) is -3.85. The predicted octanol–water partition coefficient (Wildman–Crippen LogP) is 3.76. The maximum Gasteiger partial charge on any atom is 0.568 e. The van der Waals surface area contributed by atoms with Crippen LogP contribution in [-0.4, -0.2) is 6.54 Å². The second-order valence-corrected chi connectivity index (χ2v) is 5.44. The van der Waals surface area contributed by atoms with Crippen molar-refractivity contribution >= 4 is 13.5 Å². The molecular weight excluding hydrogens is 291 g/mol. The van der Waals surface area contributed by atoms with Gasteiger partial charge in [0.1, 0.15) is 5.75 Å². The summed E-state index contributed by atoms with van der Waals surface area (Å²) in [5.74, 6) is 0.383. The van der Waals surface area contributed by atoms with Crippen LogP contribution in [0, 0.1) is 0 Å². The standard InChI is InChI=1S/C14H17N2O4P/c1-2-15-19-21(17,18-14-11-7-4-8-12-14)20-16-13-9-5-3-6-10-13/h3-12,15-16H,2H2,1H3. The van der Waals surface area contributed by atoms with Gasteiger partial charge in [-0.3, -0.25) is 5.48 Å². The lowest BCUT2D eigenvalue weighted by molar-refractivity contribution is 0.118. The number of rotatable bonds is 8. The Bertz CT molecular complexity index is 580. The molecule has 0 bridgehead atoms. The van der Waals surface area contributed by atoms with E-state index in [9.17, 15) is 4.57 Å². The van der Waals surface area contributed by atoms with Gasteiger partial charge in [0.2, 0.25) is 0 Å². The monoisotopic (exact) mass is 308 g/mol. The maximum atomic E-state index is 12.5. The summed E-state index contributed by atoms with van der Waals surface area (Å²) in [5, 5.41) is 0. The largest absolute Gasteiger partial charge is 0.568 e. The van der Waals surface area contributed by atoms with E-state index >= 15 is 0 Å². The molecule has 2 rings (SSSR count). The van der Waals surface area contributed by atoms with Crippen molar-refractivity contribution in [3.63, 3.8) is 0 Å². The highest BCUT2D eigenvalue weighted by atomic mass is 31.2. The Labute approximate surface area is 123 Å². The third-order valence-electron chi connectivity index (χ3n) is 2.33. The van der Waals surface area contributed by atoms with Crippen molar-refractivity contribution in [2.24, 2.45) is 0 Å². The number of hydrogen-bond donors (Lipinski definition) is 2. The molecule has 7 heteroatoms. The fraction of sp³-hybridized carbons (Fsp3) is 0.143. The highest BCUT2D eigenvalue weighted by molar-refractivity contribution is 7.48. The number of hydrogen-bond acceptors (Lipinski definition) is 6. The molecule has 2 aromatic carbocycles. The molecule has 0 saturated heterocycles. The van der Waals surface area contributed by atoms with E-state index in [1.165, 1.54) is 0 Å². The van der Waals surface area contributed by atoms with Gasteiger partial charge in [-0.15, -0.1) is 0 Å². The number of anilines is 1. The smallest absolute Gasteiger partial charge is 0.402 e. The molecule has 21 heavy (non-hydrogen) atoms. The van der Waals surface area contributed by atoms with Crippen LogP contribution in [0.1, 0.15) is 6.92 Å². The normalized spacial score (nSPS) is 13.4. The number of para-hydroxylation sites is 2. The topological polar surface area (TPSA) is 68.8 Å². The molecule has 112 valence electrons. The third-order valence-corrected chi connectivity index (χ3v) is 3.43. The zero-order valence-electron chi connectivity index (χ0n) is 11.6. The summed E-state index contributed by atoms with van der Waals surface area (Å²) in [6, 6.07) is 17.7. The van der Waals surface area contributed by atoms with Crippen LogP contribution in [0.2, 0.25) is 0 Å². The second kappa shape index (κ2) is 7.81. The first kappa shape index (κ1) is 15.5. The van der Waals surface area contributed by atoms with Crippen molar-refractivity contribution in [1.82, 2.24) is 5.48 Å². The molecule has 0 heterocycles. The number of benzene rings is 2. The Hall–Kier alpha value is -1.85. The van der Waals surface area contributed by atoms with E-state index in [2.05, 4.69) is 11.0 Å². The molecule has 2 aromatic rings. The van der Waals surface area contributed by atoms with E-state index in [4.69, 9.17) is 13.8 Å². The Kier molecular flexibility index (Phi) is 5.78. The molecule has 0 fully saturated rings. The molecule has 1 unspecified atom stereocenters. The summed E-state index contributed by atoms with van der Waals surface area (Å²) >= 11 is 0. The first-order valence-corrected chi connectivity index (χ1v) is 7.94. The maximum absolute atomic E-state index is 12.5. The van der Waals surface area contributed by atoms with Crippen LogP contribution in [0.3, 0.4) is 0 Å². The minimum Gasteiger partial charge on any atom is -0.402 e. The van der Waals surface area contributed by atoms with Crippen molar-refractivity contribution < 1.29 is 18.3 Å². The molecule has 0 spiro atoms. The highest BCUT2D eigenvalue weighted by Crippen LogP contribution is 2.48. The average Bonchev–Trinajstić information content (AvgIpc) is 2.53. The van der Waals surface area contributed by atoms with Gasteiger partial charge in [-0.05, 0) is 24.3 Å². The number of nitrogens with one attached hydrogen (secondary N) is 2. The van der Waals surface area contributed by atoms with Gasteiger partial charge >= 0.3 is 7.82 Å². The minimum absolute atomic E-state index is 0.383. The third kappa shape index (κ3) is 5.21. The van der Waals surface area contributed by atoms with E-state index < -0.39 is 7.82 Å². The minimum atomic E-state index is -3.85. The first-order valence-electron chi connectivity index (χ1n) is 6.47. The predicted molar refractivity (Wildman–Crippen MR) is 80.6 cm³/mol. The van der Waals surface area contributed by atoms with Crippen LogP contribution < -0.4 is 15.5 Å². The Balaban J connectivity index is 2.04. The van der Waals surface area contributed by atoms with E-state index in [1.54, 1.807) is 43.3 Å². The molecule has 1 atom stereocenters. The van der Waals surface area contributed by atoms with Gasteiger partial charge in [0.25, 0.3) is 0 Å². The fourth-order valence-corrected chi connectivity index (χ4v) is 2.42. The quantitative estimate of drug-likeness (QED) is 0.571. The van der Waals surface area contributed by atoms with Gasteiger partial charge in [0.05, 0.1) is 5.69 Å². The lowest BCUT2D eigenvalue weighted by Crippen LogP contribution is -2.17. The van der Waals surface area contributed by atoms with E-state index in [0.29, 0.717) is 18.0 Å². The van der Waals surface area contributed by atoms with Gasteiger partial charge < -0.3 is 4.52 Å². The van der Waals surface area contributed by atoms with Crippen LogP contribution in [0.15, 0.2) is 60.7 Å². The van der Waals surface area contributed by atoms with Crippen molar-refractivity contribution in [2.75, 3.05) is 12.0 Å². The van der Waals surface area contributed by atoms with Crippen LogP contribution in [0.5, 0.6) is 5.75 Å². The van der Waals surface area contributed by atoms with Gasteiger partial charge in [-0.2, -0.15) is 14.7 Å². The van der Waals surface area contributed by atoms with Crippen molar-refractivity contribution in [3.8, 4) is 5.75 Å². The highest BCUT2D eigenvalue weighted by Gasteiger charge is 2.30. The van der Waals surface area contributed by atoms with E-state index in [1.807, 2.05) is 24.3 Å². The van der Waals surface area contributed by atoms with Crippen molar-refractivity contribution in [3.05, 3.63) is 60.7 Å². The summed E-state index contributed by atoms with van der Waals surface area (Å²) in [6.45, 7) is 2.26. The zero-order chi connectivity index (χ0) is 15.0. The van der Waals surface area contributed by atoms with Gasteiger partial charge in [-0.1, -0.05) is 43.3 Å². The van der Waals surface area contributed by atoms with Crippen molar-refractivity contribution in [2.45, 2.75) is 6.92 Å². The Morgan fingerprint density at radius 3 is 2.19 bits per heavy atom. The number of phosphoric acid groups is 1. The van der Waals surface area contributed by atoms with Crippen LogP contribution >= 0.6 is 7.82 Å². The van der Waals surface area contributed by atoms with E-state index in [0.717, 1.165) is 0 Å².